The lowest BCUT2D eigenvalue weighted by molar-refractivity contribution is 0.103. The molecule has 33 heavy (non-hydrogen) atoms. The number of hydrogen-bond acceptors (Lipinski definition) is 3. The minimum Gasteiger partial charge on any atom is -0.311 e. The Bertz CT molecular complexity index is 1290. The summed E-state index contributed by atoms with van der Waals surface area (Å²) < 4.78 is 0. The van der Waals surface area contributed by atoms with Gasteiger partial charge in [-0.15, -0.1) is 0 Å². The highest BCUT2D eigenvalue weighted by Crippen LogP contribution is 2.35. The normalized spacial score (nSPS) is 10.5. The Morgan fingerprint density at radius 3 is 1.55 bits per heavy atom. The van der Waals surface area contributed by atoms with Crippen LogP contribution in [0.1, 0.15) is 15.9 Å². The fourth-order valence-corrected chi connectivity index (χ4v) is 3.84. The van der Waals surface area contributed by atoms with Gasteiger partial charge in [-0.05, 0) is 48.5 Å². The zero-order valence-electron chi connectivity index (χ0n) is 18.0. The van der Waals surface area contributed by atoms with E-state index in [1.807, 2.05) is 78.9 Å². The summed E-state index contributed by atoms with van der Waals surface area (Å²) in [7, 11) is 0. The molecule has 0 aliphatic carbocycles. The first kappa shape index (κ1) is 20.4. The van der Waals surface area contributed by atoms with Gasteiger partial charge in [0.25, 0.3) is 0 Å². The molecule has 0 fully saturated rings. The van der Waals surface area contributed by atoms with Crippen LogP contribution in [0, 0.1) is 0 Å². The van der Waals surface area contributed by atoms with Crippen molar-refractivity contribution in [3.8, 4) is 11.3 Å². The molecule has 5 aromatic rings. The molecule has 0 N–H and O–H groups in total. The van der Waals surface area contributed by atoms with Crippen LogP contribution in [0.15, 0.2) is 134 Å². The van der Waals surface area contributed by atoms with Crippen molar-refractivity contribution in [2.75, 3.05) is 4.90 Å². The third kappa shape index (κ3) is 4.43. The van der Waals surface area contributed by atoms with Gasteiger partial charge in [-0.25, -0.2) is 0 Å². The van der Waals surface area contributed by atoms with E-state index in [9.17, 15) is 4.79 Å². The van der Waals surface area contributed by atoms with Crippen LogP contribution in [0.3, 0.4) is 0 Å². The maximum atomic E-state index is 12.6. The van der Waals surface area contributed by atoms with E-state index in [4.69, 9.17) is 0 Å². The second-order valence-corrected chi connectivity index (χ2v) is 7.68. The highest BCUT2D eigenvalue weighted by Gasteiger charge is 2.13. The molecule has 0 bridgehead atoms. The lowest BCUT2D eigenvalue weighted by Gasteiger charge is -2.25. The van der Waals surface area contributed by atoms with Gasteiger partial charge in [-0.3, -0.25) is 9.78 Å². The van der Waals surface area contributed by atoms with Crippen molar-refractivity contribution in [2.24, 2.45) is 0 Å². The molecule has 158 valence electrons. The van der Waals surface area contributed by atoms with Gasteiger partial charge < -0.3 is 4.90 Å². The van der Waals surface area contributed by atoms with Crippen LogP contribution in [0.25, 0.3) is 11.3 Å². The Balaban J connectivity index is 1.42. The molecule has 0 saturated carbocycles. The molecule has 5 rings (SSSR count). The standard InChI is InChI=1S/C30H22N2O/c33-30(24-10-4-1-5-11-24)25-18-21-29(31-22-25)23-16-19-28(20-17-23)32(26-12-6-2-7-13-26)27-14-8-3-9-15-27/h1-22H. The minimum atomic E-state index is -0.0219. The van der Waals surface area contributed by atoms with Crippen LogP contribution in [0.5, 0.6) is 0 Å². The van der Waals surface area contributed by atoms with E-state index >= 15 is 0 Å². The van der Waals surface area contributed by atoms with Crippen LogP contribution in [0.2, 0.25) is 0 Å². The number of ketones is 1. The van der Waals surface area contributed by atoms with Crippen molar-refractivity contribution in [3.63, 3.8) is 0 Å². The van der Waals surface area contributed by atoms with E-state index in [1.165, 1.54) is 0 Å². The second kappa shape index (κ2) is 9.33. The summed E-state index contributed by atoms with van der Waals surface area (Å²) in [5, 5.41) is 0. The number of para-hydroxylation sites is 2. The van der Waals surface area contributed by atoms with Crippen LogP contribution >= 0.6 is 0 Å². The average Bonchev–Trinajstić information content (AvgIpc) is 2.91. The molecule has 1 aromatic heterocycles. The molecule has 0 saturated heterocycles. The molecule has 0 radical (unpaired) electrons. The monoisotopic (exact) mass is 426 g/mol. The molecular weight excluding hydrogens is 404 g/mol. The summed E-state index contributed by atoms with van der Waals surface area (Å²) in [6.07, 6.45) is 1.65. The zero-order chi connectivity index (χ0) is 22.5. The summed E-state index contributed by atoms with van der Waals surface area (Å²) >= 11 is 0. The summed E-state index contributed by atoms with van der Waals surface area (Å²) in [6, 6.07) is 42.0. The van der Waals surface area contributed by atoms with E-state index in [1.54, 1.807) is 6.20 Å². The summed E-state index contributed by atoms with van der Waals surface area (Å²) in [4.78, 5) is 19.4. The van der Waals surface area contributed by atoms with Gasteiger partial charge in [0, 0.05) is 39.9 Å². The van der Waals surface area contributed by atoms with E-state index in [0.29, 0.717) is 11.1 Å². The molecule has 0 aliphatic rings. The van der Waals surface area contributed by atoms with Crippen LogP contribution in [0.4, 0.5) is 17.1 Å². The fraction of sp³-hybridized carbons (Fsp3) is 0. The predicted octanol–water partition coefficient (Wildman–Crippen LogP) is 7.45. The van der Waals surface area contributed by atoms with Crippen molar-refractivity contribution < 1.29 is 4.79 Å². The van der Waals surface area contributed by atoms with Crippen molar-refractivity contribution in [1.82, 2.24) is 4.98 Å². The Kier molecular flexibility index (Phi) is 5.77. The molecule has 4 aromatic carbocycles. The third-order valence-electron chi connectivity index (χ3n) is 5.51. The minimum absolute atomic E-state index is 0.0219. The molecule has 3 heteroatoms. The van der Waals surface area contributed by atoms with Crippen molar-refractivity contribution in [3.05, 3.63) is 145 Å². The number of benzene rings is 4. The number of aromatic nitrogens is 1. The van der Waals surface area contributed by atoms with E-state index in [0.717, 1.165) is 28.3 Å². The van der Waals surface area contributed by atoms with Gasteiger partial charge in [0.1, 0.15) is 0 Å². The summed E-state index contributed by atoms with van der Waals surface area (Å²) in [6.45, 7) is 0. The quantitative estimate of drug-likeness (QED) is 0.264. The van der Waals surface area contributed by atoms with Crippen LogP contribution in [-0.4, -0.2) is 10.8 Å². The van der Waals surface area contributed by atoms with Gasteiger partial charge in [0.05, 0.1) is 5.69 Å². The van der Waals surface area contributed by atoms with E-state index in [-0.39, 0.29) is 5.78 Å². The highest BCUT2D eigenvalue weighted by atomic mass is 16.1. The van der Waals surface area contributed by atoms with Gasteiger partial charge in [-0.2, -0.15) is 0 Å². The smallest absolute Gasteiger partial charge is 0.194 e. The zero-order valence-corrected chi connectivity index (χ0v) is 18.0. The number of nitrogens with zero attached hydrogens (tertiary/aromatic N) is 2. The van der Waals surface area contributed by atoms with Crippen LogP contribution < -0.4 is 4.90 Å². The first-order valence-corrected chi connectivity index (χ1v) is 10.9. The highest BCUT2D eigenvalue weighted by molar-refractivity contribution is 6.08. The molecule has 1 heterocycles. The first-order valence-electron chi connectivity index (χ1n) is 10.9. The maximum absolute atomic E-state index is 12.6. The number of anilines is 3. The van der Waals surface area contributed by atoms with Crippen molar-refractivity contribution in [2.45, 2.75) is 0 Å². The summed E-state index contributed by atoms with van der Waals surface area (Å²) in [5.74, 6) is -0.0219. The topological polar surface area (TPSA) is 33.2 Å². The lowest BCUT2D eigenvalue weighted by Crippen LogP contribution is -2.09. The summed E-state index contributed by atoms with van der Waals surface area (Å²) in [5.41, 5.74) is 6.33. The van der Waals surface area contributed by atoms with Crippen molar-refractivity contribution in [1.29, 1.82) is 0 Å². The molecule has 0 unspecified atom stereocenters. The lowest BCUT2D eigenvalue weighted by atomic mass is 10.0. The van der Waals surface area contributed by atoms with Crippen molar-refractivity contribution >= 4 is 22.8 Å². The van der Waals surface area contributed by atoms with Gasteiger partial charge >= 0.3 is 0 Å². The Morgan fingerprint density at radius 1 is 0.515 bits per heavy atom. The molecule has 0 aliphatic heterocycles. The molecular formula is C30H22N2O. The molecule has 3 nitrogen and oxygen atoms in total. The fourth-order valence-electron chi connectivity index (χ4n) is 3.84. The Labute approximate surface area is 193 Å². The Morgan fingerprint density at radius 2 is 1.03 bits per heavy atom. The molecule has 0 atom stereocenters. The third-order valence-corrected chi connectivity index (χ3v) is 5.51. The maximum Gasteiger partial charge on any atom is 0.194 e. The Hall–Kier alpha value is -4.50. The average molecular weight is 427 g/mol. The van der Waals surface area contributed by atoms with E-state index < -0.39 is 0 Å². The number of rotatable bonds is 6. The van der Waals surface area contributed by atoms with Gasteiger partial charge in [0.15, 0.2) is 5.78 Å². The van der Waals surface area contributed by atoms with Gasteiger partial charge in [0.2, 0.25) is 0 Å². The largest absolute Gasteiger partial charge is 0.311 e. The number of carbonyl (C=O) groups is 1. The predicted molar refractivity (Wildman–Crippen MR) is 134 cm³/mol. The van der Waals surface area contributed by atoms with Gasteiger partial charge in [-0.1, -0.05) is 78.9 Å². The SMILES string of the molecule is O=C(c1ccccc1)c1ccc(-c2ccc(N(c3ccccc3)c3ccccc3)cc2)nc1. The second-order valence-electron chi connectivity index (χ2n) is 7.68. The number of carbonyl (C=O) groups excluding carboxylic acids is 1. The van der Waals surface area contributed by atoms with E-state index in [2.05, 4.69) is 58.4 Å². The number of hydrogen-bond donors (Lipinski definition) is 0. The number of pyridine rings is 1. The molecule has 0 spiro atoms. The van der Waals surface area contributed by atoms with Crippen LogP contribution in [-0.2, 0) is 0 Å². The first-order chi connectivity index (χ1) is 16.3. The molecule has 0 amide bonds.